The van der Waals surface area contributed by atoms with E-state index in [0.29, 0.717) is 5.75 Å². The number of alkyl halides is 2. The molecule has 0 aliphatic heterocycles. The summed E-state index contributed by atoms with van der Waals surface area (Å²) in [6, 6.07) is 9.51. The first kappa shape index (κ1) is 24.3. The van der Waals surface area contributed by atoms with Crippen molar-refractivity contribution in [2.24, 2.45) is 0 Å². The molecule has 10 heteroatoms. The number of ether oxygens (including phenoxy) is 3. The van der Waals surface area contributed by atoms with Crippen molar-refractivity contribution in [2.75, 3.05) is 19.8 Å². The highest BCUT2D eigenvalue weighted by atomic mass is 127. The van der Waals surface area contributed by atoms with Crippen molar-refractivity contribution in [1.82, 2.24) is 0 Å². The zero-order valence-electron chi connectivity index (χ0n) is 15.4. The number of halogens is 4. The maximum absolute atomic E-state index is 13.0. The number of hydrogen-bond acceptors (Lipinski definition) is 5. The number of aliphatic carboxylic acids is 1. The second-order valence-corrected chi connectivity index (χ2v) is 8.15. The molecule has 0 saturated heterocycles. The molecule has 0 bridgehead atoms. The summed E-state index contributed by atoms with van der Waals surface area (Å²) in [5.74, 6) is -6.36. The van der Waals surface area contributed by atoms with Crippen LogP contribution in [0.4, 0.5) is 8.78 Å². The van der Waals surface area contributed by atoms with E-state index in [0.717, 1.165) is 18.5 Å². The van der Waals surface area contributed by atoms with Gasteiger partial charge in [0.2, 0.25) is 0 Å². The van der Waals surface area contributed by atoms with Crippen molar-refractivity contribution in [2.45, 2.75) is 5.92 Å². The molecule has 0 aromatic heterocycles. The van der Waals surface area contributed by atoms with Gasteiger partial charge in [-0.25, -0.2) is 9.59 Å². The number of carboxylic acids is 1. The van der Waals surface area contributed by atoms with Gasteiger partial charge in [0.25, 0.3) is 0 Å². The van der Waals surface area contributed by atoms with Crippen LogP contribution in [0.15, 0.2) is 43.0 Å². The van der Waals surface area contributed by atoms with Crippen LogP contribution in [0.1, 0.15) is 15.9 Å². The maximum atomic E-state index is 13.0. The molecule has 0 radical (unpaired) electrons. The second kappa shape index (κ2) is 10.9. The van der Waals surface area contributed by atoms with E-state index < -0.39 is 24.5 Å². The van der Waals surface area contributed by atoms with Crippen molar-refractivity contribution in [3.63, 3.8) is 0 Å². The molecular weight excluding hydrogens is 628 g/mol. The standard InChI is InChI=1S/C20H16F2I2O6/c1-2-12-9-15(23)17(16(24)10-12)29-8-7-28-14-5-3-13(4-6-14)18(25)30-11-20(21,22)19(26)27/h2-6,9-10H,1,7-8,11H2,(H,26,27). The van der Waals surface area contributed by atoms with Gasteiger partial charge in [-0.3, -0.25) is 0 Å². The lowest BCUT2D eigenvalue weighted by atomic mass is 10.2. The van der Waals surface area contributed by atoms with E-state index in [4.69, 9.17) is 14.6 Å². The monoisotopic (exact) mass is 644 g/mol. The number of carboxylic acid groups (broad SMARTS) is 1. The van der Waals surface area contributed by atoms with Gasteiger partial charge in [0.15, 0.2) is 6.61 Å². The lowest BCUT2D eigenvalue weighted by Gasteiger charge is -2.13. The first-order valence-corrected chi connectivity index (χ1v) is 10.6. The molecule has 160 valence electrons. The Bertz CT molecular complexity index is 908. The first-order chi connectivity index (χ1) is 14.1. The molecule has 2 aromatic carbocycles. The normalized spacial score (nSPS) is 10.9. The predicted octanol–water partition coefficient (Wildman–Crippen LogP) is 4.87. The number of rotatable bonds is 10. The molecule has 0 fully saturated rings. The molecule has 1 N–H and O–H groups in total. The quantitative estimate of drug-likeness (QED) is 0.226. The molecule has 0 heterocycles. The van der Waals surface area contributed by atoms with Crippen LogP contribution in [-0.4, -0.2) is 42.8 Å². The van der Waals surface area contributed by atoms with Crippen LogP contribution in [-0.2, 0) is 9.53 Å². The molecule has 0 atom stereocenters. The zero-order valence-corrected chi connectivity index (χ0v) is 19.7. The van der Waals surface area contributed by atoms with Crippen LogP contribution in [0.5, 0.6) is 11.5 Å². The predicted molar refractivity (Wildman–Crippen MR) is 122 cm³/mol. The summed E-state index contributed by atoms with van der Waals surface area (Å²) >= 11 is 4.36. The molecule has 0 aliphatic rings. The largest absolute Gasteiger partial charge is 0.490 e. The minimum Gasteiger partial charge on any atom is -0.490 e. The average Bonchev–Trinajstić information content (AvgIpc) is 2.71. The van der Waals surface area contributed by atoms with Gasteiger partial charge in [-0.15, -0.1) is 0 Å². The van der Waals surface area contributed by atoms with E-state index in [1.807, 2.05) is 12.1 Å². The number of benzene rings is 2. The van der Waals surface area contributed by atoms with E-state index in [1.165, 1.54) is 24.3 Å². The Morgan fingerprint density at radius 1 is 1.07 bits per heavy atom. The minimum atomic E-state index is -4.14. The average molecular weight is 644 g/mol. The fourth-order valence-electron chi connectivity index (χ4n) is 2.13. The minimum absolute atomic E-state index is 0.00814. The summed E-state index contributed by atoms with van der Waals surface area (Å²) < 4.78 is 43.5. The van der Waals surface area contributed by atoms with E-state index in [2.05, 4.69) is 56.5 Å². The van der Waals surface area contributed by atoms with Crippen molar-refractivity contribution in [3.8, 4) is 11.5 Å². The second-order valence-electron chi connectivity index (χ2n) is 5.82. The highest BCUT2D eigenvalue weighted by molar-refractivity contribution is 14.1. The highest BCUT2D eigenvalue weighted by Crippen LogP contribution is 2.29. The maximum Gasteiger partial charge on any atom is 0.378 e. The summed E-state index contributed by atoms with van der Waals surface area (Å²) in [4.78, 5) is 22.1. The Kier molecular flexibility index (Phi) is 8.82. The van der Waals surface area contributed by atoms with Crippen LogP contribution >= 0.6 is 45.2 Å². The summed E-state index contributed by atoms with van der Waals surface area (Å²) in [6.07, 6.45) is 1.76. The molecule has 0 spiro atoms. The Balaban J connectivity index is 1.83. The molecule has 2 aromatic rings. The third-order valence-corrected chi connectivity index (χ3v) is 5.24. The fourth-order valence-corrected chi connectivity index (χ4v) is 4.25. The molecule has 0 unspecified atom stereocenters. The third-order valence-electron chi connectivity index (χ3n) is 3.64. The molecule has 0 amide bonds. The number of carbonyl (C=O) groups excluding carboxylic acids is 1. The number of carbonyl (C=O) groups is 2. The lowest BCUT2D eigenvalue weighted by Crippen LogP contribution is -2.34. The molecule has 0 aliphatic carbocycles. The van der Waals surface area contributed by atoms with Crippen molar-refractivity contribution in [1.29, 1.82) is 0 Å². The van der Waals surface area contributed by atoms with Crippen molar-refractivity contribution >= 4 is 63.2 Å². The Hall–Kier alpha value is -1.96. The summed E-state index contributed by atoms with van der Waals surface area (Å²) in [6.45, 7) is 2.73. The van der Waals surface area contributed by atoms with Gasteiger partial charge in [-0.05, 0) is 87.1 Å². The van der Waals surface area contributed by atoms with E-state index >= 15 is 0 Å². The van der Waals surface area contributed by atoms with Gasteiger partial charge in [-0.1, -0.05) is 12.7 Å². The molecule has 6 nitrogen and oxygen atoms in total. The van der Waals surface area contributed by atoms with Gasteiger partial charge in [-0.2, -0.15) is 8.78 Å². The molecule has 0 saturated carbocycles. The molecular formula is C20H16F2I2O6. The molecule has 2 rings (SSSR count). The van der Waals surface area contributed by atoms with Crippen LogP contribution in [0, 0.1) is 7.14 Å². The van der Waals surface area contributed by atoms with E-state index in [1.54, 1.807) is 6.08 Å². The summed E-state index contributed by atoms with van der Waals surface area (Å²) in [5, 5.41) is 8.32. The van der Waals surface area contributed by atoms with Gasteiger partial charge < -0.3 is 19.3 Å². The van der Waals surface area contributed by atoms with Crippen LogP contribution in [0.3, 0.4) is 0 Å². The first-order valence-electron chi connectivity index (χ1n) is 8.39. The zero-order chi connectivity index (χ0) is 22.3. The summed E-state index contributed by atoms with van der Waals surface area (Å²) in [7, 11) is 0. The Morgan fingerprint density at radius 2 is 1.63 bits per heavy atom. The van der Waals surface area contributed by atoms with Gasteiger partial charge in [0.05, 0.1) is 12.7 Å². The topological polar surface area (TPSA) is 82.1 Å². The van der Waals surface area contributed by atoms with Gasteiger partial charge in [0.1, 0.15) is 24.7 Å². The fraction of sp³-hybridized carbons (Fsp3) is 0.200. The van der Waals surface area contributed by atoms with Gasteiger partial charge >= 0.3 is 17.9 Å². The van der Waals surface area contributed by atoms with Crippen molar-refractivity contribution in [3.05, 3.63) is 61.2 Å². The lowest BCUT2D eigenvalue weighted by molar-refractivity contribution is -0.170. The smallest absolute Gasteiger partial charge is 0.378 e. The highest BCUT2D eigenvalue weighted by Gasteiger charge is 2.40. The Morgan fingerprint density at radius 3 is 2.17 bits per heavy atom. The van der Waals surface area contributed by atoms with Crippen LogP contribution < -0.4 is 9.47 Å². The van der Waals surface area contributed by atoms with Crippen LogP contribution in [0.25, 0.3) is 6.08 Å². The van der Waals surface area contributed by atoms with Crippen LogP contribution in [0.2, 0.25) is 0 Å². The van der Waals surface area contributed by atoms with E-state index in [-0.39, 0.29) is 18.8 Å². The number of esters is 1. The third kappa shape index (κ3) is 6.79. The SMILES string of the molecule is C=Cc1cc(I)c(OCCOc2ccc(C(=O)OCC(F)(F)C(=O)O)cc2)c(I)c1. The van der Waals surface area contributed by atoms with Gasteiger partial charge in [0, 0.05) is 0 Å². The molecule has 30 heavy (non-hydrogen) atoms. The summed E-state index contributed by atoms with van der Waals surface area (Å²) in [5.41, 5.74) is 0.990. The number of hydrogen-bond donors (Lipinski definition) is 1. The van der Waals surface area contributed by atoms with E-state index in [9.17, 15) is 18.4 Å². The Labute approximate surface area is 198 Å². The van der Waals surface area contributed by atoms with Crippen molar-refractivity contribution < 1.29 is 37.7 Å².